The van der Waals surface area contributed by atoms with E-state index in [9.17, 15) is 9.59 Å². The molecular formula is C19H21N3O2S. The molecule has 25 heavy (non-hydrogen) atoms. The normalized spacial score (nSPS) is 17.3. The van der Waals surface area contributed by atoms with E-state index in [4.69, 9.17) is 0 Å². The Balaban J connectivity index is 1.55. The summed E-state index contributed by atoms with van der Waals surface area (Å²) in [6.07, 6.45) is 3.54. The smallest absolute Gasteiger partial charge is 0.233 e. The van der Waals surface area contributed by atoms with Gasteiger partial charge in [0.2, 0.25) is 5.91 Å². The van der Waals surface area contributed by atoms with Crippen LogP contribution in [0.3, 0.4) is 0 Å². The van der Waals surface area contributed by atoms with Gasteiger partial charge in [0, 0.05) is 37.6 Å². The monoisotopic (exact) mass is 355 g/mol. The molecule has 0 bridgehead atoms. The molecule has 0 saturated carbocycles. The van der Waals surface area contributed by atoms with Crippen molar-refractivity contribution in [2.75, 3.05) is 31.1 Å². The zero-order chi connectivity index (χ0) is 17.5. The first kappa shape index (κ1) is 17.6. The lowest BCUT2D eigenvalue weighted by atomic mass is 10.1. The number of thioether (sulfide) groups is 1. The molecule has 1 atom stereocenters. The Morgan fingerprint density at radius 2 is 2.00 bits per heavy atom. The fourth-order valence-electron chi connectivity index (χ4n) is 2.90. The molecule has 0 spiro atoms. The Morgan fingerprint density at radius 1 is 1.16 bits per heavy atom. The minimum Gasteiger partial charge on any atom is -0.332 e. The summed E-state index contributed by atoms with van der Waals surface area (Å²) in [6, 6.07) is 13.1. The Bertz CT molecular complexity index is 709. The van der Waals surface area contributed by atoms with Gasteiger partial charge < -0.3 is 10.2 Å². The highest BCUT2D eigenvalue weighted by Crippen LogP contribution is 2.22. The van der Waals surface area contributed by atoms with Crippen LogP contribution in [0.25, 0.3) is 0 Å². The quantitative estimate of drug-likeness (QED) is 0.805. The van der Waals surface area contributed by atoms with Crippen LogP contribution in [-0.4, -0.2) is 52.7 Å². The minimum absolute atomic E-state index is 0.000347. The van der Waals surface area contributed by atoms with Gasteiger partial charge >= 0.3 is 0 Å². The van der Waals surface area contributed by atoms with Crippen LogP contribution in [0.2, 0.25) is 0 Å². The van der Waals surface area contributed by atoms with Crippen molar-refractivity contribution >= 4 is 23.5 Å². The van der Waals surface area contributed by atoms with Crippen LogP contribution in [-0.2, 0) is 4.79 Å². The van der Waals surface area contributed by atoms with Crippen LogP contribution in [0.1, 0.15) is 22.0 Å². The number of ketones is 1. The lowest BCUT2D eigenvalue weighted by molar-refractivity contribution is -0.131. The third-order valence-electron chi connectivity index (χ3n) is 4.19. The van der Waals surface area contributed by atoms with Crippen molar-refractivity contribution < 1.29 is 9.59 Å². The molecule has 1 N–H and O–H groups in total. The number of nitrogens with one attached hydrogen (secondary N) is 1. The number of hydrogen-bond donors (Lipinski definition) is 1. The van der Waals surface area contributed by atoms with Gasteiger partial charge in [-0.05, 0) is 11.6 Å². The van der Waals surface area contributed by atoms with E-state index in [2.05, 4.69) is 10.3 Å². The van der Waals surface area contributed by atoms with Crippen molar-refractivity contribution in [3.63, 3.8) is 0 Å². The molecule has 5 nitrogen and oxygen atoms in total. The summed E-state index contributed by atoms with van der Waals surface area (Å²) in [5.41, 5.74) is 1.73. The van der Waals surface area contributed by atoms with E-state index in [-0.39, 0.29) is 17.7 Å². The van der Waals surface area contributed by atoms with E-state index >= 15 is 0 Å². The van der Waals surface area contributed by atoms with Crippen LogP contribution in [0.4, 0.5) is 0 Å². The van der Waals surface area contributed by atoms with Gasteiger partial charge in [0.05, 0.1) is 17.5 Å². The lowest BCUT2D eigenvalue weighted by Gasteiger charge is -2.36. The van der Waals surface area contributed by atoms with Gasteiger partial charge in [-0.25, -0.2) is 0 Å². The number of hydrogen-bond acceptors (Lipinski definition) is 5. The van der Waals surface area contributed by atoms with Crippen LogP contribution >= 0.6 is 11.8 Å². The molecule has 1 aliphatic rings. The van der Waals surface area contributed by atoms with E-state index in [1.54, 1.807) is 18.3 Å². The van der Waals surface area contributed by atoms with Crippen molar-refractivity contribution in [2.45, 2.75) is 6.04 Å². The molecule has 2 aromatic rings. The maximum atomic E-state index is 12.6. The average Bonchev–Trinajstić information content (AvgIpc) is 2.69. The molecular weight excluding hydrogens is 334 g/mol. The predicted octanol–water partition coefficient (Wildman–Crippen LogP) is 2.17. The number of benzene rings is 1. The highest BCUT2D eigenvalue weighted by molar-refractivity contribution is 8.00. The number of pyridine rings is 1. The molecule has 2 heterocycles. The summed E-state index contributed by atoms with van der Waals surface area (Å²) in [4.78, 5) is 30.8. The molecule has 6 heteroatoms. The molecule has 1 saturated heterocycles. The average molecular weight is 355 g/mol. The second-order valence-electron chi connectivity index (χ2n) is 5.88. The lowest BCUT2D eigenvalue weighted by Crippen LogP contribution is -2.49. The van der Waals surface area contributed by atoms with Gasteiger partial charge in [0.25, 0.3) is 0 Å². The second kappa shape index (κ2) is 8.78. The molecule has 1 unspecified atom stereocenters. The topological polar surface area (TPSA) is 62.3 Å². The summed E-state index contributed by atoms with van der Waals surface area (Å²) in [5.74, 6) is 0.762. The molecule has 1 amide bonds. The maximum absolute atomic E-state index is 12.6. The van der Waals surface area contributed by atoms with E-state index < -0.39 is 0 Å². The van der Waals surface area contributed by atoms with Crippen molar-refractivity contribution in [1.82, 2.24) is 15.2 Å². The van der Waals surface area contributed by atoms with Crippen molar-refractivity contribution in [3.8, 4) is 0 Å². The minimum atomic E-state index is 0.000347. The van der Waals surface area contributed by atoms with Gasteiger partial charge in [-0.15, -0.1) is 11.8 Å². The van der Waals surface area contributed by atoms with Crippen molar-refractivity contribution in [3.05, 3.63) is 66.0 Å². The Hall–Kier alpha value is -2.18. The van der Waals surface area contributed by atoms with E-state index in [1.165, 1.54) is 11.8 Å². The van der Waals surface area contributed by atoms with Crippen LogP contribution in [0.5, 0.6) is 0 Å². The van der Waals surface area contributed by atoms with E-state index in [0.29, 0.717) is 23.6 Å². The van der Waals surface area contributed by atoms with Gasteiger partial charge in [-0.2, -0.15) is 0 Å². The highest BCUT2D eigenvalue weighted by atomic mass is 32.2. The summed E-state index contributed by atoms with van der Waals surface area (Å²) in [5, 5.41) is 3.33. The zero-order valence-corrected chi connectivity index (χ0v) is 14.7. The first-order valence-electron chi connectivity index (χ1n) is 8.32. The predicted molar refractivity (Wildman–Crippen MR) is 99.7 cm³/mol. The van der Waals surface area contributed by atoms with E-state index in [0.717, 1.165) is 18.7 Å². The highest BCUT2D eigenvalue weighted by Gasteiger charge is 2.27. The zero-order valence-electron chi connectivity index (χ0n) is 13.9. The first-order valence-corrected chi connectivity index (χ1v) is 9.47. The summed E-state index contributed by atoms with van der Waals surface area (Å²) in [7, 11) is 0. The Kier molecular flexibility index (Phi) is 6.19. The van der Waals surface area contributed by atoms with Crippen molar-refractivity contribution in [1.29, 1.82) is 0 Å². The van der Waals surface area contributed by atoms with Gasteiger partial charge in [-0.1, -0.05) is 36.4 Å². The number of carbonyl (C=O) groups is 2. The number of rotatable bonds is 6. The molecule has 1 fully saturated rings. The molecule has 1 aliphatic heterocycles. The summed E-state index contributed by atoms with van der Waals surface area (Å²) >= 11 is 1.38. The summed E-state index contributed by atoms with van der Waals surface area (Å²) in [6.45, 7) is 2.19. The van der Waals surface area contributed by atoms with Crippen molar-refractivity contribution in [2.24, 2.45) is 0 Å². The molecule has 1 aromatic heterocycles. The number of piperazine rings is 1. The molecule has 1 aromatic carbocycles. The van der Waals surface area contributed by atoms with Crippen LogP contribution < -0.4 is 5.32 Å². The Morgan fingerprint density at radius 3 is 2.76 bits per heavy atom. The van der Waals surface area contributed by atoms with Crippen LogP contribution in [0, 0.1) is 0 Å². The SMILES string of the molecule is O=C(CSCC(=O)N1CCNCC1c1cccnc1)c1ccccc1. The number of Topliss-reactive ketones (excluding diaryl/α,β-unsaturated/α-hetero) is 1. The molecule has 0 radical (unpaired) electrons. The maximum Gasteiger partial charge on any atom is 0.233 e. The third kappa shape index (κ3) is 4.67. The van der Waals surface area contributed by atoms with Crippen LogP contribution in [0.15, 0.2) is 54.9 Å². The number of aromatic nitrogens is 1. The summed E-state index contributed by atoms with van der Waals surface area (Å²) < 4.78 is 0. The van der Waals surface area contributed by atoms with Gasteiger partial charge in [0.15, 0.2) is 5.78 Å². The first-order chi connectivity index (χ1) is 12.3. The Labute approximate surface area is 151 Å². The molecule has 130 valence electrons. The molecule has 0 aliphatic carbocycles. The number of carbonyl (C=O) groups excluding carboxylic acids is 2. The number of amides is 1. The fraction of sp³-hybridized carbons (Fsp3) is 0.316. The van der Waals surface area contributed by atoms with Gasteiger partial charge in [-0.3, -0.25) is 14.6 Å². The second-order valence-corrected chi connectivity index (χ2v) is 6.86. The van der Waals surface area contributed by atoms with E-state index in [1.807, 2.05) is 41.4 Å². The fourth-order valence-corrected chi connectivity index (χ4v) is 3.69. The molecule has 3 rings (SSSR count). The standard InChI is InChI=1S/C19H21N3O2S/c23-18(15-5-2-1-3-6-15)13-25-14-19(24)22-10-9-21-12-17(22)16-7-4-8-20-11-16/h1-8,11,17,21H,9-10,12-14H2. The number of nitrogens with zero attached hydrogens (tertiary/aromatic N) is 2. The third-order valence-corrected chi connectivity index (χ3v) is 5.10. The largest absolute Gasteiger partial charge is 0.332 e. The van der Waals surface area contributed by atoms with Gasteiger partial charge in [0.1, 0.15) is 0 Å².